The largest absolute Gasteiger partial charge is 0.462 e. The number of carbonyl (C=O) groups is 3. The van der Waals surface area contributed by atoms with Crippen molar-refractivity contribution in [1.29, 1.82) is 0 Å². The molecule has 0 radical (unpaired) electrons. The van der Waals surface area contributed by atoms with Gasteiger partial charge in [0.25, 0.3) is 0 Å². The Morgan fingerprint density at radius 2 is 0.506 bits per heavy atom. The van der Waals surface area contributed by atoms with Crippen LogP contribution in [0.5, 0.6) is 0 Å². The number of esters is 3. The Bertz CT molecular complexity index is 1720. The van der Waals surface area contributed by atoms with Crippen molar-refractivity contribution in [2.24, 2.45) is 0 Å². The second-order valence-electron chi connectivity index (χ2n) is 22.0. The van der Waals surface area contributed by atoms with Crippen LogP contribution in [0.25, 0.3) is 0 Å². The summed E-state index contributed by atoms with van der Waals surface area (Å²) in [5.41, 5.74) is 0. The van der Waals surface area contributed by atoms with E-state index in [0.29, 0.717) is 12.8 Å². The molecule has 0 aliphatic rings. The first-order valence-corrected chi connectivity index (χ1v) is 33.7. The summed E-state index contributed by atoms with van der Waals surface area (Å²) >= 11 is 0. The number of hydrogen-bond acceptors (Lipinski definition) is 6. The molecule has 0 aromatic carbocycles. The van der Waals surface area contributed by atoms with Gasteiger partial charge in [0.15, 0.2) is 6.10 Å². The van der Waals surface area contributed by atoms with Gasteiger partial charge in [0, 0.05) is 19.3 Å². The van der Waals surface area contributed by atoms with Crippen molar-refractivity contribution in [2.75, 3.05) is 13.2 Å². The van der Waals surface area contributed by atoms with Crippen molar-refractivity contribution < 1.29 is 28.6 Å². The van der Waals surface area contributed by atoms with Crippen molar-refractivity contribution in [1.82, 2.24) is 0 Å². The van der Waals surface area contributed by atoms with Gasteiger partial charge in [-0.1, -0.05) is 296 Å². The molecule has 460 valence electrons. The number of rotatable bonds is 60. The van der Waals surface area contributed by atoms with Crippen LogP contribution in [-0.2, 0) is 28.6 Å². The molecule has 0 aromatic rings. The molecule has 0 saturated heterocycles. The van der Waals surface area contributed by atoms with E-state index < -0.39 is 6.10 Å². The van der Waals surface area contributed by atoms with Gasteiger partial charge in [0.05, 0.1) is 0 Å². The summed E-state index contributed by atoms with van der Waals surface area (Å²) in [7, 11) is 0. The molecule has 0 aliphatic heterocycles. The van der Waals surface area contributed by atoms with Crippen molar-refractivity contribution in [3.05, 3.63) is 134 Å². The molecule has 0 N–H and O–H groups in total. The molecule has 0 bridgehead atoms. The van der Waals surface area contributed by atoms with Crippen molar-refractivity contribution in [3.8, 4) is 0 Å². The summed E-state index contributed by atoms with van der Waals surface area (Å²) in [6, 6.07) is 0. The second kappa shape index (κ2) is 68.1. The van der Waals surface area contributed by atoms with Crippen molar-refractivity contribution in [2.45, 2.75) is 309 Å². The molecule has 0 amide bonds. The highest BCUT2D eigenvalue weighted by molar-refractivity contribution is 5.71. The maximum absolute atomic E-state index is 12.9. The Morgan fingerprint density at radius 3 is 0.840 bits per heavy atom. The van der Waals surface area contributed by atoms with Gasteiger partial charge >= 0.3 is 17.9 Å². The standard InChI is InChI=1S/C75H124O6/c1-4-7-10-13-16-19-22-25-27-29-31-33-35-36-37-38-40-41-43-45-47-50-53-56-59-62-65-68-74(77)80-71-72(70-79-73(76)67-64-61-58-55-52-49-24-21-18-15-12-9-6-3)81-75(78)69-66-63-60-57-54-51-48-46-44-42-39-34-32-30-28-26-23-20-17-14-11-8-5-2/h8-9,11-12,17-18,20-21,26,28-29,31-32,34,42,44,48-49,51-52,58,61,72H,4-7,10,13-16,19,22-25,27,30,33,35-41,43,45-47,50,53-57,59-60,62-71H2,1-3H3/b11-8-,12-9-,20-17-,21-18-,28-26-,31-29-,34-32-,44-42-,51-48-,52-49-,61-58-. The molecule has 81 heavy (non-hydrogen) atoms. The van der Waals surface area contributed by atoms with Crippen molar-refractivity contribution >= 4 is 17.9 Å². The smallest absolute Gasteiger partial charge is 0.306 e. The van der Waals surface area contributed by atoms with E-state index in [9.17, 15) is 14.4 Å². The van der Waals surface area contributed by atoms with Gasteiger partial charge in [-0.05, 0) is 122 Å². The number of unbranched alkanes of at least 4 members (excludes halogenated alkanes) is 27. The fraction of sp³-hybridized carbons (Fsp3) is 0.667. The molecule has 0 spiro atoms. The minimum absolute atomic E-state index is 0.113. The number of carbonyl (C=O) groups excluding carboxylic acids is 3. The van der Waals surface area contributed by atoms with E-state index in [0.717, 1.165) is 116 Å². The average Bonchev–Trinajstić information content (AvgIpc) is 3.46. The minimum atomic E-state index is -0.826. The van der Waals surface area contributed by atoms with E-state index in [2.05, 4.69) is 148 Å². The van der Waals surface area contributed by atoms with Crippen LogP contribution in [0.4, 0.5) is 0 Å². The topological polar surface area (TPSA) is 78.9 Å². The van der Waals surface area contributed by atoms with Crippen LogP contribution < -0.4 is 0 Å². The summed E-state index contributed by atoms with van der Waals surface area (Å²) in [5.74, 6) is -1.02. The highest BCUT2D eigenvalue weighted by Gasteiger charge is 2.19. The Balaban J connectivity index is 4.37. The maximum Gasteiger partial charge on any atom is 0.306 e. The van der Waals surface area contributed by atoms with E-state index in [1.54, 1.807) is 0 Å². The van der Waals surface area contributed by atoms with Gasteiger partial charge in [-0.15, -0.1) is 0 Å². The maximum atomic E-state index is 12.9. The normalized spacial score (nSPS) is 13.0. The van der Waals surface area contributed by atoms with Gasteiger partial charge in [-0.3, -0.25) is 14.4 Å². The molecular weight excluding hydrogens is 997 g/mol. The SMILES string of the molecule is CC/C=C\C/C=C\C/C=C\C/C=C\C/C=C\C/C=C\CCCCCCC(=O)OC(COC(=O)CC/C=C\C/C=C\C/C=C\C/C=C\CC)COC(=O)CCCCCCCCCCCCCCCCC/C=C\CCCCCCCCCC. The zero-order valence-electron chi connectivity index (χ0n) is 52.8. The molecular formula is C75H124O6. The molecule has 0 aliphatic carbocycles. The number of allylic oxidation sites excluding steroid dienone is 22. The molecule has 0 rings (SSSR count). The highest BCUT2D eigenvalue weighted by Crippen LogP contribution is 2.16. The predicted molar refractivity (Wildman–Crippen MR) is 353 cm³/mol. The van der Waals surface area contributed by atoms with Gasteiger partial charge in [-0.25, -0.2) is 0 Å². The molecule has 0 aromatic heterocycles. The molecule has 0 heterocycles. The molecule has 1 unspecified atom stereocenters. The average molecular weight is 1120 g/mol. The van der Waals surface area contributed by atoms with Gasteiger partial charge in [0.1, 0.15) is 13.2 Å². The number of ether oxygens (including phenoxy) is 3. The lowest BCUT2D eigenvalue weighted by Gasteiger charge is -2.18. The molecule has 0 fully saturated rings. The monoisotopic (exact) mass is 1120 g/mol. The zero-order chi connectivity index (χ0) is 58.5. The quantitative estimate of drug-likeness (QED) is 0.0261. The summed E-state index contributed by atoms with van der Waals surface area (Å²) in [4.78, 5) is 38.3. The van der Waals surface area contributed by atoms with Gasteiger partial charge in [0.2, 0.25) is 0 Å². The molecule has 6 nitrogen and oxygen atoms in total. The van der Waals surface area contributed by atoms with Crippen LogP contribution in [0.2, 0.25) is 0 Å². The summed E-state index contributed by atoms with van der Waals surface area (Å²) in [5, 5.41) is 0. The highest BCUT2D eigenvalue weighted by atomic mass is 16.6. The molecule has 6 heteroatoms. The third kappa shape index (κ3) is 66.2. The van der Waals surface area contributed by atoms with Crippen LogP contribution >= 0.6 is 0 Å². The predicted octanol–water partition coefficient (Wildman–Crippen LogP) is 23.3. The first kappa shape index (κ1) is 76.5. The van der Waals surface area contributed by atoms with Crippen LogP contribution in [0, 0.1) is 0 Å². The van der Waals surface area contributed by atoms with Crippen LogP contribution in [0.3, 0.4) is 0 Å². The van der Waals surface area contributed by atoms with Gasteiger partial charge in [-0.2, -0.15) is 0 Å². The van der Waals surface area contributed by atoms with Crippen LogP contribution in [0.1, 0.15) is 303 Å². The van der Waals surface area contributed by atoms with E-state index in [1.807, 2.05) is 6.08 Å². The summed E-state index contributed by atoms with van der Waals surface area (Å²) in [6.45, 7) is 6.34. The first-order chi connectivity index (χ1) is 40.0. The van der Waals surface area contributed by atoms with Crippen LogP contribution in [-0.4, -0.2) is 37.2 Å². The van der Waals surface area contributed by atoms with E-state index in [-0.39, 0.29) is 44.0 Å². The fourth-order valence-corrected chi connectivity index (χ4v) is 9.16. The summed E-state index contributed by atoms with van der Waals surface area (Å²) in [6.07, 6.45) is 96.4. The lowest BCUT2D eigenvalue weighted by atomic mass is 10.0. The molecule has 0 saturated carbocycles. The van der Waals surface area contributed by atoms with E-state index in [1.165, 1.54) is 141 Å². The van der Waals surface area contributed by atoms with E-state index >= 15 is 0 Å². The lowest BCUT2D eigenvalue weighted by Crippen LogP contribution is -2.30. The first-order valence-electron chi connectivity index (χ1n) is 33.7. The van der Waals surface area contributed by atoms with Crippen molar-refractivity contribution in [3.63, 3.8) is 0 Å². The van der Waals surface area contributed by atoms with Crippen LogP contribution in [0.15, 0.2) is 134 Å². The Hall–Kier alpha value is -4.45. The molecule has 1 atom stereocenters. The Labute approximate surface area is 500 Å². The zero-order valence-corrected chi connectivity index (χ0v) is 52.8. The fourth-order valence-electron chi connectivity index (χ4n) is 9.16. The Kier molecular flexibility index (Phi) is 64.3. The third-order valence-corrected chi connectivity index (χ3v) is 14.1. The summed E-state index contributed by atoms with van der Waals surface area (Å²) < 4.78 is 16.8. The van der Waals surface area contributed by atoms with E-state index in [4.69, 9.17) is 14.2 Å². The number of hydrogen-bond donors (Lipinski definition) is 0. The van der Waals surface area contributed by atoms with Gasteiger partial charge < -0.3 is 14.2 Å². The third-order valence-electron chi connectivity index (χ3n) is 14.1. The minimum Gasteiger partial charge on any atom is -0.462 e. The second-order valence-corrected chi connectivity index (χ2v) is 22.0. The lowest BCUT2D eigenvalue weighted by molar-refractivity contribution is -0.166. The Morgan fingerprint density at radius 1 is 0.259 bits per heavy atom.